The van der Waals surface area contributed by atoms with Crippen molar-refractivity contribution in [3.8, 4) is 0 Å². The first-order valence-electron chi connectivity index (χ1n) is 8.10. The van der Waals surface area contributed by atoms with E-state index in [0.717, 1.165) is 12.1 Å². The number of carbonyl (C=O) groups is 2. The summed E-state index contributed by atoms with van der Waals surface area (Å²) in [6.45, 7) is 3.83. The van der Waals surface area contributed by atoms with Crippen molar-refractivity contribution >= 4 is 11.9 Å². The summed E-state index contributed by atoms with van der Waals surface area (Å²) in [5, 5.41) is 18.4. The molecule has 0 unspecified atom stereocenters. The van der Waals surface area contributed by atoms with Crippen molar-refractivity contribution in [2.24, 2.45) is 5.92 Å². The van der Waals surface area contributed by atoms with Crippen LogP contribution in [0.3, 0.4) is 0 Å². The lowest BCUT2D eigenvalue weighted by Gasteiger charge is -2.30. The SMILES string of the molecule is O=C(O)CN1C[C@@H]2COC[C@H](C1)N(Cc1ccccc1C(=O)O)C2. The van der Waals surface area contributed by atoms with Crippen molar-refractivity contribution < 1.29 is 24.5 Å². The zero-order valence-corrected chi connectivity index (χ0v) is 13.4. The number of hydrogen-bond donors (Lipinski definition) is 2. The molecule has 0 aromatic heterocycles. The maximum atomic E-state index is 11.4. The summed E-state index contributed by atoms with van der Waals surface area (Å²) in [4.78, 5) is 26.7. The molecule has 2 bridgehead atoms. The van der Waals surface area contributed by atoms with Gasteiger partial charge < -0.3 is 14.9 Å². The van der Waals surface area contributed by atoms with E-state index >= 15 is 0 Å². The van der Waals surface area contributed by atoms with Crippen LogP contribution in [0.5, 0.6) is 0 Å². The van der Waals surface area contributed by atoms with E-state index in [-0.39, 0.29) is 18.5 Å². The molecule has 7 heteroatoms. The number of carboxylic acid groups (broad SMARTS) is 2. The van der Waals surface area contributed by atoms with E-state index in [2.05, 4.69) is 4.90 Å². The Morgan fingerprint density at radius 3 is 2.67 bits per heavy atom. The van der Waals surface area contributed by atoms with Crippen LogP contribution in [0.4, 0.5) is 0 Å². The highest BCUT2D eigenvalue weighted by Gasteiger charge is 2.34. The molecule has 0 radical (unpaired) electrons. The van der Waals surface area contributed by atoms with Crippen molar-refractivity contribution in [3.63, 3.8) is 0 Å². The van der Waals surface area contributed by atoms with Crippen LogP contribution < -0.4 is 0 Å². The molecule has 130 valence electrons. The van der Waals surface area contributed by atoms with Crippen LogP contribution in [0, 0.1) is 5.92 Å². The minimum Gasteiger partial charge on any atom is -0.480 e. The first-order chi connectivity index (χ1) is 11.5. The van der Waals surface area contributed by atoms with Gasteiger partial charge in [-0.15, -0.1) is 0 Å². The van der Waals surface area contributed by atoms with Crippen LogP contribution in [0.2, 0.25) is 0 Å². The quantitative estimate of drug-likeness (QED) is 0.815. The van der Waals surface area contributed by atoms with Gasteiger partial charge in [-0.2, -0.15) is 0 Å². The Morgan fingerprint density at radius 1 is 1.12 bits per heavy atom. The third-order valence-corrected chi connectivity index (χ3v) is 4.64. The lowest BCUT2D eigenvalue weighted by Crippen LogP contribution is -2.45. The number of ether oxygens (including phenoxy) is 1. The topological polar surface area (TPSA) is 90.3 Å². The summed E-state index contributed by atoms with van der Waals surface area (Å²) in [5.41, 5.74) is 1.10. The van der Waals surface area contributed by atoms with Crippen LogP contribution in [0.15, 0.2) is 24.3 Å². The highest BCUT2D eigenvalue weighted by atomic mass is 16.5. The monoisotopic (exact) mass is 334 g/mol. The fourth-order valence-corrected chi connectivity index (χ4v) is 3.63. The van der Waals surface area contributed by atoms with E-state index in [1.807, 2.05) is 17.0 Å². The number of hydrogen-bond acceptors (Lipinski definition) is 5. The predicted molar refractivity (Wildman–Crippen MR) is 86.0 cm³/mol. The molecule has 7 nitrogen and oxygen atoms in total. The van der Waals surface area contributed by atoms with Gasteiger partial charge in [-0.1, -0.05) is 18.2 Å². The van der Waals surface area contributed by atoms with Crippen molar-refractivity contribution in [3.05, 3.63) is 35.4 Å². The number of aromatic carboxylic acids is 1. The molecule has 2 aliphatic rings. The second-order valence-corrected chi connectivity index (χ2v) is 6.54. The molecular weight excluding hydrogens is 312 g/mol. The molecular formula is C17H22N2O5. The Kier molecular flexibility index (Phi) is 5.13. The zero-order chi connectivity index (χ0) is 17.1. The maximum absolute atomic E-state index is 11.4. The number of benzene rings is 1. The number of aliphatic carboxylic acids is 1. The fourth-order valence-electron chi connectivity index (χ4n) is 3.63. The van der Waals surface area contributed by atoms with Gasteiger partial charge in [0.2, 0.25) is 0 Å². The van der Waals surface area contributed by atoms with Gasteiger partial charge in [-0.05, 0) is 11.6 Å². The first-order valence-corrected chi connectivity index (χ1v) is 8.10. The molecule has 2 heterocycles. The van der Waals surface area contributed by atoms with Gasteiger partial charge in [0.05, 0.1) is 25.3 Å². The lowest BCUT2D eigenvalue weighted by atomic mass is 10.1. The summed E-state index contributed by atoms with van der Waals surface area (Å²) in [6, 6.07) is 7.10. The van der Waals surface area contributed by atoms with Crippen molar-refractivity contribution in [2.45, 2.75) is 12.6 Å². The predicted octanol–water partition coefficient (Wildman–Crippen LogP) is 0.602. The van der Waals surface area contributed by atoms with Gasteiger partial charge in [0.15, 0.2) is 0 Å². The van der Waals surface area contributed by atoms with Crippen molar-refractivity contribution in [1.82, 2.24) is 9.80 Å². The van der Waals surface area contributed by atoms with Gasteiger partial charge in [0.1, 0.15) is 0 Å². The Bertz CT molecular complexity index is 621. The van der Waals surface area contributed by atoms with Crippen LogP contribution in [0.1, 0.15) is 15.9 Å². The van der Waals surface area contributed by atoms with E-state index in [9.17, 15) is 14.7 Å². The van der Waals surface area contributed by atoms with E-state index in [0.29, 0.717) is 38.4 Å². The van der Waals surface area contributed by atoms with E-state index in [1.165, 1.54) is 0 Å². The summed E-state index contributed by atoms with van der Waals surface area (Å²) in [7, 11) is 0. The molecule has 2 fully saturated rings. The lowest BCUT2D eigenvalue weighted by molar-refractivity contribution is -0.138. The number of carboxylic acids is 2. The standard InChI is InChI=1S/C17H22N2O5/c20-16(21)9-18-5-12-6-19(14(8-18)11-24-10-12)7-13-3-1-2-4-15(13)17(22)23/h1-4,12,14H,5-11H2,(H,20,21)(H,22,23)/t12-,14-/m0/s1. The average Bonchev–Trinajstić information content (AvgIpc) is 2.77. The maximum Gasteiger partial charge on any atom is 0.336 e. The van der Waals surface area contributed by atoms with E-state index in [4.69, 9.17) is 9.84 Å². The number of fused-ring (bicyclic) bond motifs is 3. The average molecular weight is 334 g/mol. The third-order valence-electron chi connectivity index (χ3n) is 4.64. The molecule has 2 saturated heterocycles. The summed E-state index contributed by atoms with van der Waals surface area (Å²) in [5.74, 6) is -1.51. The molecule has 2 N–H and O–H groups in total. The van der Waals surface area contributed by atoms with Crippen LogP contribution in [0.25, 0.3) is 0 Å². The summed E-state index contributed by atoms with van der Waals surface area (Å²) in [6.07, 6.45) is 0. The molecule has 1 aromatic carbocycles. The second kappa shape index (κ2) is 7.29. The third kappa shape index (κ3) is 3.92. The second-order valence-electron chi connectivity index (χ2n) is 6.54. The molecule has 2 atom stereocenters. The molecule has 1 aromatic rings. The van der Waals surface area contributed by atoms with Crippen LogP contribution in [-0.2, 0) is 16.1 Å². The van der Waals surface area contributed by atoms with Gasteiger partial charge in [-0.3, -0.25) is 14.6 Å². The Morgan fingerprint density at radius 2 is 1.92 bits per heavy atom. The van der Waals surface area contributed by atoms with Gasteiger partial charge in [-0.25, -0.2) is 4.79 Å². The first kappa shape index (κ1) is 16.9. The summed E-state index contributed by atoms with van der Waals surface area (Å²) >= 11 is 0. The molecule has 0 saturated carbocycles. The van der Waals surface area contributed by atoms with Crippen LogP contribution in [-0.4, -0.2) is 77.4 Å². The van der Waals surface area contributed by atoms with Gasteiger partial charge in [0, 0.05) is 38.1 Å². The molecule has 0 aliphatic carbocycles. The molecule has 0 amide bonds. The smallest absolute Gasteiger partial charge is 0.336 e. The zero-order valence-electron chi connectivity index (χ0n) is 13.4. The van der Waals surface area contributed by atoms with Crippen molar-refractivity contribution in [1.29, 1.82) is 0 Å². The molecule has 3 rings (SSSR count). The van der Waals surface area contributed by atoms with Gasteiger partial charge in [0.25, 0.3) is 0 Å². The van der Waals surface area contributed by atoms with E-state index < -0.39 is 11.9 Å². The Hall–Kier alpha value is -1.96. The molecule has 2 aliphatic heterocycles. The highest BCUT2D eigenvalue weighted by molar-refractivity contribution is 5.89. The highest BCUT2D eigenvalue weighted by Crippen LogP contribution is 2.23. The number of nitrogens with zero attached hydrogens (tertiary/aromatic N) is 2. The minimum atomic E-state index is -0.924. The van der Waals surface area contributed by atoms with Crippen molar-refractivity contribution in [2.75, 3.05) is 39.4 Å². The van der Waals surface area contributed by atoms with Crippen LogP contribution >= 0.6 is 0 Å². The molecule has 24 heavy (non-hydrogen) atoms. The number of rotatable bonds is 5. The largest absolute Gasteiger partial charge is 0.480 e. The Labute approximate surface area is 140 Å². The summed E-state index contributed by atoms with van der Waals surface area (Å²) < 4.78 is 5.73. The minimum absolute atomic E-state index is 0.0343. The molecule has 0 spiro atoms. The fraction of sp³-hybridized carbons (Fsp3) is 0.529. The van der Waals surface area contributed by atoms with Gasteiger partial charge >= 0.3 is 11.9 Å². The Balaban J connectivity index is 1.79. The van der Waals surface area contributed by atoms with E-state index in [1.54, 1.807) is 12.1 Å². The normalized spacial score (nSPS) is 25.2.